The van der Waals surface area contributed by atoms with Crippen LogP contribution in [0.3, 0.4) is 0 Å². The molecule has 0 unspecified atom stereocenters. The average Bonchev–Trinajstić information content (AvgIpc) is 2.66. The molecule has 14 nitrogen and oxygen atoms in total. The van der Waals surface area contributed by atoms with Crippen molar-refractivity contribution in [2.24, 2.45) is 0 Å². The van der Waals surface area contributed by atoms with Gasteiger partial charge in [-0.2, -0.15) is 0 Å². The largest absolute Gasteiger partial charge is 2.00 e. The van der Waals surface area contributed by atoms with Crippen molar-refractivity contribution in [1.82, 2.24) is 10.6 Å². The van der Waals surface area contributed by atoms with Gasteiger partial charge in [-0.25, -0.2) is 19.2 Å². The molecule has 0 saturated heterocycles. The number of carboxylic acid groups (broad SMARTS) is 4. The van der Waals surface area contributed by atoms with E-state index >= 15 is 0 Å². The molecule has 2 amide bonds. The van der Waals surface area contributed by atoms with Crippen molar-refractivity contribution in [3.05, 3.63) is 34.9 Å². The summed E-state index contributed by atoms with van der Waals surface area (Å²) >= 11 is 0. The number of nitrogens with zero attached hydrogens (tertiary/aromatic N) is 2. The number of aliphatic carboxylic acids is 4. The Kier molecular flexibility index (Phi) is 19.1. The number of rotatable bonds is 14. The van der Waals surface area contributed by atoms with Crippen LogP contribution in [0.4, 0.5) is 0 Å². The Labute approximate surface area is 200 Å². The fourth-order valence-corrected chi connectivity index (χ4v) is 1.56. The minimum Gasteiger partial charge on any atom is -0.648 e. The zero-order valence-electron chi connectivity index (χ0n) is 17.8. The summed E-state index contributed by atoms with van der Waals surface area (Å²) in [5.41, 5.74) is 0.543. The van der Waals surface area contributed by atoms with Crippen molar-refractivity contribution < 1.29 is 66.3 Å². The number of carbonyl (C=O) groups excluding carboxylic acids is 2. The van der Waals surface area contributed by atoms with Crippen LogP contribution in [-0.2, 0) is 45.8 Å². The molecule has 33 heavy (non-hydrogen) atoms. The van der Waals surface area contributed by atoms with Crippen LogP contribution in [0.5, 0.6) is 0 Å². The summed E-state index contributed by atoms with van der Waals surface area (Å²) in [6.45, 7) is 9.72. The second-order valence-electron chi connectivity index (χ2n) is 6.06. The van der Waals surface area contributed by atoms with Crippen molar-refractivity contribution in [2.75, 3.05) is 26.2 Å². The van der Waals surface area contributed by atoms with Crippen molar-refractivity contribution in [3.63, 3.8) is 0 Å². The summed E-state index contributed by atoms with van der Waals surface area (Å²) in [5, 5.41) is 45.5. The van der Waals surface area contributed by atoms with Crippen LogP contribution in [0.2, 0.25) is 0 Å². The zero-order valence-corrected chi connectivity index (χ0v) is 18.8. The van der Waals surface area contributed by atoms with Crippen molar-refractivity contribution in [1.29, 1.82) is 0 Å². The zero-order chi connectivity index (χ0) is 25.4. The summed E-state index contributed by atoms with van der Waals surface area (Å²) < 4.78 is 0. The van der Waals surface area contributed by atoms with Gasteiger partial charge in [0.15, 0.2) is 0 Å². The van der Waals surface area contributed by atoms with Gasteiger partial charge in [-0.05, 0) is 38.1 Å². The van der Waals surface area contributed by atoms with Gasteiger partial charge in [0.25, 0.3) is 0 Å². The van der Waals surface area contributed by atoms with Gasteiger partial charge in [0, 0.05) is 0 Å². The van der Waals surface area contributed by atoms with E-state index in [1.165, 1.54) is 13.8 Å². The first-order valence-corrected chi connectivity index (χ1v) is 8.85. The van der Waals surface area contributed by atoms with E-state index in [2.05, 4.69) is 34.4 Å². The van der Waals surface area contributed by atoms with Crippen molar-refractivity contribution >= 4 is 35.7 Å². The average molecular weight is 522 g/mol. The maximum Gasteiger partial charge on any atom is 2.00 e. The molecule has 0 aromatic rings. The Morgan fingerprint density at radius 2 is 0.909 bits per heavy atom. The number of carbonyl (C=O) groups is 6. The molecular weight excluding hydrogens is 496 g/mol. The van der Waals surface area contributed by atoms with Gasteiger partial charge >= 0.3 is 40.9 Å². The van der Waals surface area contributed by atoms with Gasteiger partial charge in [-0.1, -0.05) is 13.2 Å². The predicted molar refractivity (Wildman–Crippen MR) is 110 cm³/mol. The molecule has 15 heteroatoms. The second-order valence-corrected chi connectivity index (χ2v) is 6.06. The quantitative estimate of drug-likeness (QED) is 0.0711. The van der Waals surface area contributed by atoms with Gasteiger partial charge in [0.05, 0.1) is 11.8 Å². The molecule has 0 aromatic heterocycles. The number of hydrogen-bond acceptors (Lipinski definition) is 8. The number of hydrogen-bond donors (Lipinski definition) is 6. The van der Waals surface area contributed by atoms with Crippen LogP contribution in [0, 0.1) is 0 Å². The van der Waals surface area contributed by atoms with Gasteiger partial charge in [0.2, 0.25) is 12.1 Å². The third-order valence-corrected chi connectivity index (χ3v) is 3.15. The van der Waals surface area contributed by atoms with Gasteiger partial charge < -0.3 is 40.6 Å². The molecule has 0 heterocycles. The maximum atomic E-state index is 10.9. The molecule has 0 bridgehead atoms. The first-order chi connectivity index (χ1) is 14.7. The molecule has 0 aliphatic rings. The molecule has 0 aliphatic heterocycles. The Bertz CT molecular complexity index is 667. The van der Waals surface area contributed by atoms with Crippen molar-refractivity contribution in [3.8, 4) is 0 Å². The van der Waals surface area contributed by atoms with Crippen LogP contribution in [0.25, 0.3) is 10.6 Å². The third kappa shape index (κ3) is 17.0. The third-order valence-electron chi connectivity index (χ3n) is 3.15. The SMILES string of the molecule is C=C(C)C(=O)[N-]CCNC(C(=O)O)C(=O)O.C=C(C)C(=O)[N-]CCNC(C(=O)O)C(=O)O.[Cu+2]. The molecule has 0 spiro atoms. The Morgan fingerprint density at radius 3 is 1.09 bits per heavy atom. The van der Waals surface area contributed by atoms with E-state index in [-0.39, 0.29) is 54.4 Å². The summed E-state index contributed by atoms with van der Waals surface area (Å²) in [5.74, 6) is -6.91. The molecule has 6 N–H and O–H groups in total. The minimum atomic E-state index is -1.69. The van der Waals surface area contributed by atoms with E-state index in [9.17, 15) is 28.8 Å². The first kappa shape index (κ1) is 34.4. The fraction of sp³-hybridized carbons (Fsp3) is 0.444. The molecule has 0 atom stereocenters. The Hall–Kier alpha value is -3.26. The van der Waals surface area contributed by atoms with Crippen LogP contribution >= 0.6 is 0 Å². The van der Waals surface area contributed by atoms with E-state index in [4.69, 9.17) is 20.4 Å². The standard InChI is InChI=1S/2C9H14N2O5.Cu/c2*1-5(2)7(12)11-4-3-10-6(8(13)14)9(15)16;/h2*6,10H,1,3-4H2,2H3,(H3,11,12,13,14,15,16);/q;;+2/p-2. The van der Waals surface area contributed by atoms with Gasteiger partial charge in [-0.3, -0.25) is 10.6 Å². The summed E-state index contributed by atoms with van der Waals surface area (Å²) in [6.07, 6.45) is 0. The van der Waals surface area contributed by atoms with Crippen LogP contribution in [0.1, 0.15) is 13.8 Å². The fourth-order valence-electron chi connectivity index (χ4n) is 1.56. The monoisotopic (exact) mass is 521 g/mol. The number of nitrogens with one attached hydrogen (secondary N) is 2. The molecule has 0 aliphatic carbocycles. The van der Waals surface area contributed by atoms with Crippen LogP contribution in [-0.4, -0.2) is 94.4 Å². The van der Waals surface area contributed by atoms with E-state index in [1.807, 2.05) is 0 Å². The maximum absolute atomic E-state index is 10.9. The minimum absolute atomic E-state index is 0. The van der Waals surface area contributed by atoms with Crippen LogP contribution in [0.15, 0.2) is 24.3 Å². The smallest absolute Gasteiger partial charge is 0.648 e. The number of amides is 2. The molecule has 0 rings (SSSR count). The Balaban J connectivity index is -0.000000529. The van der Waals surface area contributed by atoms with Crippen LogP contribution < -0.4 is 10.6 Å². The van der Waals surface area contributed by atoms with Gasteiger partial charge in [-0.15, -0.1) is 13.1 Å². The molecule has 0 fully saturated rings. The molecule has 1 radical (unpaired) electrons. The number of carboxylic acids is 4. The molecule has 0 saturated carbocycles. The van der Waals surface area contributed by atoms with E-state index < -0.39 is 47.8 Å². The van der Waals surface area contributed by atoms with Crippen molar-refractivity contribution in [2.45, 2.75) is 25.9 Å². The molecular formula is C18H26CuN4O10. The second kappa shape index (κ2) is 18.3. The van der Waals surface area contributed by atoms with E-state index in [0.29, 0.717) is 0 Å². The molecule has 189 valence electrons. The van der Waals surface area contributed by atoms with Gasteiger partial charge in [0.1, 0.15) is 0 Å². The van der Waals surface area contributed by atoms with E-state index in [0.717, 1.165) is 0 Å². The summed E-state index contributed by atoms with van der Waals surface area (Å²) in [7, 11) is 0. The summed E-state index contributed by atoms with van der Waals surface area (Å²) in [6, 6.07) is -3.37. The normalized spacial score (nSPS) is 9.58. The Morgan fingerprint density at radius 1 is 0.667 bits per heavy atom. The predicted octanol–water partition coefficient (Wildman–Crippen LogP) is -0.822. The first-order valence-electron chi connectivity index (χ1n) is 8.85. The summed E-state index contributed by atoms with van der Waals surface area (Å²) in [4.78, 5) is 63.5. The molecule has 0 aromatic carbocycles. The van der Waals surface area contributed by atoms with E-state index in [1.54, 1.807) is 0 Å². The topological polar surface area (TPSA) is 236 Å².